The summed E-state index contributed by atoms with van der Waals surface area (Å²) in [6.45, 7) is 4.93. The summed E-state index contributed by atoms with van der Waals surface area (Å²) in [5, 5.41) is 2.71. The zero-order valence-corrected chi connectivity index (χ0v) is 27.1. The van der Waals surface area contributed by atoms with E-state index in [2.05, 4.69) is 158 Å². The van der Waals surface area contributed by atoms with Crippen LogP contribution >= 0.6 is 0 Å². The molecule has 6 aromatic rings. The minimum absolute atomic E-state index is 0.0620. The van der Waals surface area contributed by atoms with Crippen LogP contribution in [0.3, 0.4) is 0 Å². The van der Waals surface area contributed by atoms with Crippen molar-refractivity contribution in [2.75, 3.05) is 0 Å². The van der Waals surface area contributed by atoms with E-state index in [9.17, 15) is 0 Å². The van der Waals surface area contributed by atoms with Crippen LogP contribution in [0.1, 0.15) is 56.2 Å². The Kier molecular flexibility index (Phi) is 5.57. The molecule has 1 atom stereocenters. The molecule has 0 saturated carbocycles. The summed E-state index contributed by atoms with van der Waals surface area (Å²) in [6, 6.07) is 43.4. The lowest BCUT2D eigenvalue weighted by Crippen LogP contribution is -2.45. The molecular formula is C46H37N. The third-order valence-corrected chi connectivity index (χ3v) is 11.7. The van der Waals surface area contributed by atoms with Gasteiger partial charge in [0.15, 0.2) is 0 Å². The minimum Gasteiger partial charge on any atom is -0.312 e. The summed E-state index contributed by atoms with van der Waals surface area (Å²) in [4.78, 5) is 0. The lowest BCUT2D eigenvalue weighted by molar-refractivity contribution is 0.519. The van der Waals surface area contributed by atoms with Crippen molar-refractivity contribution in [3.05, 3.63) is 173 Å². The fourth-order valence-electron chi connectivity index (χ4n) is 9.59. The zero-order valence-electron chi connectivity index (χ0n) is 27.1. The highest BCUT2D eigenvalue weighted by Gasteiger charge is 2.54. The van der Waals surface area contributed by atoms with E-state index >= 15 is 0 Å². The first-order valence-electron chi connectivity index (χ1n) is 17.2. The Hall–Kier alpha value is -5.14. The number of hydrogen-bond acceptors (Lipinski definition) is 0. The average molecular weight is 604 g/mol. The molecule has 0 saturated heterocycles. The molecule has 2 heterocycles. The first kappa shape index (κ1) is 27.0. The lowest BCUT2D eigenvalue weighted by atomic mass is 9.51. The van der Waals surface area contributed by atoms with E-state index in [1.807, 2.05) is 0 Å². The summed E-state index contributed by atoms with van der Waals surface area (Å²) in [5.41, 5.74) is 17.7. The van der Waals surface area contributed by atoms with Gasteiger partial charge in [-0.3, -0.25) is 0 Å². The number of aromatic nitrogens is 1. The number of para-hydroxylation sites is 2. The van der Waals surface area contributed by atoms with Gasteiger partial charge in [0, 0.05) is 21.9 Å². The molecule has 0 fully saturated rings. The molecule has 0 amide bonds. The van der Waals surface area contributed by atoms with Gasteiger partial charge in [0.2, 0.25) is 0 Å². The van der Waals surface area contributed by atoms with E-state index < -0.39 is 0 Å². The van der Waals surface area contributed by atoms with Crippen LogP contribution in [0.15, 0.2) is 156 Å². The number of fused-ring (bicyclic) bond motifs is 9. The van der Waals surface area contributed by atoms with E-state index in [0.717, 1.165) is 25.7 Å². The van der Waals surface area contributed by atoms with Crippen LogP contribution < -0.4 is 0 Å². The van der Waals surface area contributed by atoms with Gasteiger partial charge in [-0.05, 0) is 87.9 Å². The normalized spacial score (nSPS) is 20.6. The van der Waals surface area contributed by atoms with Crippen LogP contribution in [0, 0.1) is 0 Å². The fraction of sp³-hybridized carbons (Fsp3) is 0.174. The summed E-state index contributed by atoms with van der Waals surface area (Å²) in [6.07, 6.45) is 14.2. The molecule has 3 aliphatic carbocycles. The van der Waals surface area contributed by atoms with E-state index in [-0.39, 0.29) is 10.8 Å². The number of benzene rings is 5. The lowest BCUT2D eigenvalue weighted by Gasteiger charge is -2.52. The highest BCUT2D eigenvalue weighted by molar-refractivity contribution is 6.13. The smallest absolute Gasteiger partial charge is 0.0742 e. The first-order valence-corrected chi connectivity index (χ1v) is 17.2. The summed E-state index contributed by atoms with van der Waals surface area (Å²) in [7, 11) is 0. The van der Waals surface area contributed by atoms with Crippen LogP contribution in [0.5, 0.6) is 0 Å². The van der Waals surface area contributed by atoms with E-state index in [1.54, 1.807) is 5.57 Å². The van der Waals surface area contributed by atoms with Gasteiger partial charge in [-0.1, -0.05) is 147 Å². The Morgan fingerprint density at radius 3 is 2.02 bits per heavy atom. The Morgan fingerprint density at radius 1 is 0.532 bits per heavy atom. The molecule has 1 aromatic heterocycles. The van der Waals surface area contributed by atoms with Crippen molar-refractivity contribution in [2.45, 2.75) is 50.4 Å². The standard InChI is InChI=1S/C46H37N/c1-45(2)36-17-7-8-18-38(36)46(41-29-33(27-28-37(41)45)32-25-23-31(24-26-32)30-13-4-3-5-14-30)39-19-9-11-22-43(39)47-42-21-10-6-15-34(42)35-16-12-20-40(46)44(35)47/h3-6,8-10,12-16,18-21,23-29H,7,11,17,22H2,1-2H3. The fourth-order valence-corrected chi connectivity index (χ4v) is 9.59. The summed E-state index contributed by atoms with van der Waals surface area (Å²) < 4.78 is 2.63. The van der Waals surface area contributed by atoms with Gasteiger partial charge in [-0.15, -0.1) is 0 Å². The molecule has 1 unspecified atom stereocenters. The molecule has 1 aliphatic heterocycles. The molecule has 1 nitrogen and oxygen atoms in total. The van der Waals surface area contributed by atoms with Gasteiger partial charge >= 0.3 is 0 Å². The number of rotatable bonds is 2. The molecular weight excluding hydrogens is 567 g/mol. The second kappa shape index (κ2) is 9.69. The Morgan fingerprint density at radius 2 is 1.19 bits per heavy atom. The molecule has 47 heavy (non-hydrogen) atoms. The van der Waals surface area contributed by atoms with Gasteiger partial charge in [0.1, 0.15) is 0 Å². The zero-order chi connectivity index (χ0) is 31.3. The third-order valence-electron chi connectivity index (χ3n) is 11.7. The van der Waals surface area contributed by atoms with E-state index in [4.69, 9.17) is 0 Å². The van der Waals surface area contributed by atoms with Crippen LogP contribution in [0.25, 0.3) is 49.8 Å². The van der Waals surface area contributed by atoms with Gasteiger partial charge in [-0.25, -0.2) is 0 Å². The van der Waals surface area contributed by atoms with Crippen molar-refractivity contribution in [1.29, 1.82) is 0 Å². The predicted octanol–water partition coefficient (Wildman–Crippen LogP) is 11.9. The van der Waals surface area contributed by atoms with Crippen molar-refractivity contribution in [3.8, 4) is 22.3 Å². The average Bonchev–Trinajstić information content (AvgIpc) is 3.47. The van der Waals surface area contributed by atoms with Gasteiger partial charge in [0.05, 0.1) is 16.4 Å². The largest absolute Gasteiger partial charge is 0.312 e. The first-order chi connectivity index (χ1) is 23.1. The third kappa shape index (κ3) is 3.50. The maximum absolute atomic E-state index is 2.63. The molecule has 4 aliphatic rings. The van der Waals surface area contributed by atoms with Crippen LogP contribution in [0.2, 0.25) is 0 Å². The van der Waals surface area contributed by atoms with Crippen molar-refractivity contribution in [1.82, 2.24) is 4.57 Å². The maximum atomic E-state index is 2.63. The Bertz CT molecular complexity index is 2410. The number of allylic oxidation sites excluding steroid dienone is 8. The maximum Gasteiger partial charge on any atom is 0.0742 e. The minimum atomic E-state index is -0.382. The predicted molar refractivity (Wildman–Crippen MR) is 198 cm³/mol. The SMILES string of the molecule is CC1(C)C2=C(C=CCC2)C2(C3=C(CCC=C3)n3c4ccccc4c4cccc2c43)c2cc(-c3ccc(-c4ccccc4)cc3)ccc21. The molecule has 226 valence electrons. The van der Waals surface area contributed by atoms with Crippen molar-refractivity contribution < 1.29 is 0 Å². The molecule has 0 N–H and O–H groups in total. The summed E-state index contributed by atoms with van der Waals surface area (Å²) in [5.74, 6) is 0. The highest BCUT2D eigenvalue weighted by atomic mass is 15.0. The quantitative estimate of drug-likeness (QED) is 0.186. The van der Waals surface area contributed by atoms with Gasteiger partial charge in [0.25, 0.3) is 0 Å². The summed E-state index contributed by atoms with van der Waals surface area (Å²) >= 11 is 0. The van der Waals surface area contributed by atoms with E-state index in [1.165, 1.54) is 77.6 Å². The second-order valence-corrected chi connectivity index (χ2v) is 14.3. The Balaban J connectivity index is 1.31. The van der Waals surface area contributed by atoms with Crippen LogP contribution in [-0.2, 0) is 10.8 Å². The molecule has 5 aromatic carbocycles. The Labute approximate surface area is 276 Å². The number of nitrogens with zero attached hydrogens (tertiary/aromatic N) is 1. The molecule has 0 bridgehead atoms. The topological polar surface area (TPSA) is 4.93 Å². The van der Waals surface area contributed by atoms with Gasteiger partial charge < -0.3 is 4.57 Å². The highest BCUT2D eigenvalue weighted by Crippen LogP contribution is 2.63. The molecule has 10 rings (SSSR count). The molecule has 0 radical (unpaired) electrons. The monoisotopic (exact) mass is 603 g/mol. The number of hydrogen-bond donors (Lipinski definition) is 0. The van der Waals surface area contributed by atoms with Crippen LogP contribution in [0.4, 0.5) is 0 Å². The molecule has 1 heteroatoms. The van der Waals surface area contributed by atoms with Crippen molar-refractivity contribution >= 4 is 27.5 Å². The van der Waals surface area contributed by atoms with Crippen molar-refractivity contribution in [3.63, 3.8) is 0 Å². The van der Waals surface area contributed by atoms with Crippen molar-refractivity contribution in [2.24, 2.45) is 0 Å². The van der Waals surface area contributed by atoms with E-state index in [0.29, 0.717) is 0 Å². The van der Waals surface area contributed by atoms with Crippen LogP contribution in [-0.4, -0.2) is 4.57 Å². The second-order valence-electron chi connectivity index (χ2n) is 14.3. The molecule has 1 spiro atoms. The van der Waals surface area contributed by atoms with Gasteiger partial charge in [-0.2, -0.15) is 0 Å².